The second-order valence-electron chi connectivity index (χ2n) is 5.64. The minimum Gasteiger partial charge on any atom is -0.756 e. The minimum atomic E-state index is -5.88. The lowest BCUT2D eigenvalue weighted by Gasteiger charge is -2.28. The largest absolute Gasteiger partial charge is 0.756 e. The predicted octanol–water partition coefficient (Wildman–Crippen LogP) is -4.14. The summed E-state index contributed by atoms with van der Waals surface area (Å²) in [5.74, 6) is -1.74. The number of aromatic amines is 1. The highest BCUT2D eigenvalue weighted by atomic mass is 31.3. The van der Waals surface area contributed by atoms with Crippen molar-refractivity contribution < 1.29 is 66.4 Å². The molecule has 0 saturated carbocycles. The highest BCUT2D eigenvalue weighted by molar-refractivity contribution is 7.63. The number of phosphoric acid groups is 2. The average Bonchev–Trinajstić information content (AvgIpc) is 2.86. The fourth-order valence-corrected chi connectivity index (χ4v) is 4.87. The summed E-state index contributed by atoms with van der Waals surface area (Å²) >= 11 is 0. The Kier molecular flexibility index (Phi) is 7.81. The average molecular weight is 508 g/mol. The topological polar surface area (TPSA) is 290 Å². The molecule has 2 rings (SSSR count). The second kappa shape index (κ2) is 9.46. The van der Waals surface area contributed by atoms with Crippen LogP contribution >= 0.6 is 23.9 Å². The fourth-order valence-electron chi connectivity index (χ4n) is 2.33. The molecule has 1 saturated heterocycles. The van der Waals surface area contributed by atoms with Crippen molar-refractivity contribution in [1.82, 2.24) is 9.55 Å². The third kappa shape index (κ3) is 6.43. The van der Waals surface area contributed by atoms with Crippen molar-refractivity contribution in [3.8, 4) is 0 Å². The van der Waals surface area contributed by atoms with Gasteiger partial charge in [0.2, 0.25) is 0 Å². The smallest absolute Gasteiger partial charge is 0.496 e. The van der Waals surface area contributed by atoms with Gasteiger partial charge in [0.05, 0.1) is 6.61 Å². The first-order valence-electron chi connectivity index (χ1n) is 7.56. The maximum absolute atomic E-state index is 11.9. The molecule has 7 atom stereocenters. The van der Waals surface area contributed by atoms with Crippen LogP contribution in [0.25, 0.3) is 0 Å². The normalized spacial score (nSPS) is 28.0. The summed E-state index contributed by atoms with van der Waals surface area (Å²) in [5, 5.41) is 28.9. The van der Waals surface area contributed by atoms with E-state index in [0.717, 1.165) is 0 Å². The minimum absolute atomic E-state index is 0.399. The molecule has 1 aromatic rings. The number of carboxylic acids is 1. The number of aromatic carboxylic acids is 1. The van der Waals surface area contributed by atoms with Gasteiger partial charge in [-0.25, -0.2) is 13.9 Å². The van der Waals surface area contributed by atoms with E-state index in [2.05, 4.69) is 13.1 Å². The van der Waals surface area contributed by atoms with E-state index in [1.807, 2.05) is 0 Å². The van der Waals surface area contributed by atoms with E-state index in [9.17, 15) is 53.0 Å². The van der Waals surface area contributed by atoms with E-state index in [1.165, 1.54) is 0 Å². The van der Waals surface area contributed by atoms with Gasteiger partial charge < -0.3 is 39.3 Å². The third-order valence-electron chi connectivity index (χ3n) is 3.57. The van der Waals surface area contributed by atoms with Crippen LogP contribution in [0.4, 0.5) is 0 Å². The van der Waals surface area contributed by atoms with Crippen molar-refractivity contribution in [3.05, 3.63) is 32.6 Å². The molecule has 0 radical (unpaired) electrons. The van der Waals surface area contributed by atoms with E-state index in [4.69, 9.17) is 9.84 Å². The van der Waals surface area contributed by atoms with E-state index in [0.29, 0.717) is 10.8 Å². The van der Waals surface area contributed by atoms with Crippen LogP contribution in [0.2, 0.25) is 0 Å². The van der Waals surface area contributed by atoms with Gasteiger partial charge in [0.1, 0.15) is 23.9 Å². The second-order valence-corrected chi connectivity index (χ2v) is 9.44. The molecule has 0 aliphatic carbocycles. The lowest BCUT2D eigenvalue weighted by atomic mass is 10.1. The maximum atomic E-state index is 11.9. The number of aliphatic hydroxyl groups excluding tert-OH is 2. The zero-order chi connectivity index (χ0) is 23.7. The molecule has 21 heteroatoms. The van der Waals surface area contributed by atoms with Crippen molar-refractivity contribution in [1.29, 1.82) is 0 Å². The number of aromatic nitrogens is 2. The molecule has 2 heterocycles. The zero-order valence-corrected chi connectivity index (χ0v) is 17.2. The Bertz CT molecular complexity index is 1080. The van der Waals surface area contributed by atoms with E-state index < -0.39 is 77.8 Å². The van der Waals surface area contributed by atoms with Crippen LogP contribution < -0.4 is 25.9 Å². The van der Waals surface area contributed by atoms with Gasteiger partial charge in [-0.05, 0) is 4.57 Å². The van der Waals surface area contributed by atoms with Gasteiger partial charge in [0, 0.05) is 6.20 Å². The van der Waals surface area contributed by atoms with Crippen LogP contribution in [0.1, 0.15) is 16.6 Å². The molecule has 1 aliphatic heterocycles. The molecule has 7 unspecified atom stereocenters. The molecule has 0 bridgehead atoms. The van der Waals surface area contributed by atoms with Crippen LogP contribution in [-0.2, 0) is 31.6 Å². The number of nitrogens with one attached hydrogen (secondary N) is 1. The van der Waals surface area contributed by atoms with Gasteiger partial charge in [-0.1, -0.05) is 4.31 Å². The standard InChI is InChI=1S/C10H13N2O16P3/c13-5-4(2-25-30(21,22)28-31(23,24)27-29(19)20)26-8(6(5)14)12-1-3(9(16)17)7(15)11-10(12)18/h1,4-6,8,13-14H,2H2,(H,16,17)(H,21,22)(H,23,24)(H,11,15,18)/p-2. The predicted molar refractivity (Wildman–Crippen MR) is 85.1 cm³/mol. The van der Waals surface area contributed by atoms with Crippen molar-refractivity contribution in [3.63, 3.8) is 0 Å². The van der Waals surface area contributed by atoms with Crippen molar-refractivity contribution in [2.24, 2.45) is 0 Å². The van der Waals surface area contributed by atoms with Gasteiger partial charge >= 0.3 is 27.7 Å². The van der Waals surface area contributed by atoms with Gasteiger partial charge in [-0.2, -0.15) is 0 Å². The summed E-state index contributed by atoms with van der Waals surface area (Å²) in [5.41, 5.74) is -3.44. The number of H-pyrrole nitrogens is 1. The van der Waals surface area contributed by atoms with E-state index in [1.54, 1.807) is 4.98 Å². The Morgan fingerprint density at radius 1 is 1.26 bits per heavy atom. The maximum Gasteiger partial charge on any atom is 0.496 e. The van der Waals surface area contributed by atoms with Crippen LogP contribution in [0, 0.1) is 0 Å². The summed E-state index contributed by atoms with van der Waals surface area (Å²) in [4.78, 5) is 68.8. The Hall–Kier alpha value is -1.65. The molecule has 1 aromatic heterocycles. The Morgan fingerprint density at radius 2 is 1.87 bits per heavy atom. The third-order valence-corrected chi connectivity index (χ3v) is 6.97. The van der Waals surface area contributed by atoms with Crippen LogP contribution in [0.3, 0.4) is 0 Å². The highest BCUT2D eigenvalue weighted by Crippen LogP contribution is 2.58. The molecule has 1 fully saturated rings. The summed E-state index contributed by atoms with van der Waals surface area (Å²) in [6.07, 6.45) is -6.99. The quantitative estimate of drug-likeness (QED) is 0.230. The van der Waals surface area contributed by atoms with Gasteiger partial charge in [0.25, 0.3) is 13.4 Å². The number of hydrogen-bond donors (Lipinski definition) is 4. The first-order valence-corrected chi connectivity index (χ1v) is 11.6. The lowest BCUT2D eigenvalue weighted by molar-refractivity contribution is -0.244. The Balaban J connectivity index is 2.16. The molecular weight excluding hydrogens is 497 g/mol. The van der Waals surface area contributed by atoms with E-state index >= 15 is 0 Å². The van der Waals surface area contributed by atoms with Gasteiger partial charge in [-0.15, -0.1) is 0 Å². The number of ether oxygens (including phenoxy) is 1. The van der Waals surface area contributed by atoms with E-state index in [-0.39, 0.29) is 0 Å². The molecule has 18 nitrogen and oxygen atoms in total. The molecule has 0 amide bonds. The van der Waals surface area contributed by atoms with Crippen molar-refractivity contribution in [2.45, 2.75) is 24.5 Å². The molecule has 4 N–H and O–H groups in total. The summed E-state index contributed by atoms with van der Waals surface area (Å²) in [6, 6.07) is 0. The Morgan fingerprint density at radius 3 is 2.42 bits per heavy atom. The first kappa shape index (κ1) is 25.6. The molecule has 0 spiro atoms. The van der Waals surface area contributed by atoms with Crippen molar-refractivity contribution >= 4 is 29.9 Å². The van der Waals surface area contributed by atoms with Crippen LogP contribution in [-0.4, -0.2) is 55.8 Å². The monoisotopic (exact) mass is 508 g/mol. The first-order chi connectivity index (χ1) is 14.1. The molecule has 174 valence electrons. The number of carboxylic acid groups (broad SMARTS) is 1. The Labute approximate surface area is 170 Å². The fraction of sp³-hybridized carbons (Fsp3) is 0.500. The summed E-state index contributed by atoms with van der Waals surface area (Å²) < 4.78 is 49.1. The molecule has 1 aliphatic rings. The number of rotatable bonds is 9. The van der Waals surface area contributed by atoms with Crippen LogP contribution in [0.5, 0.6) is 0 Å². The number of hydrogen-bond acceptors (Lipinski definition) is 15. The number of carbonyl (C=O) groups is 1. The summed E-state index contributed by atoms with van der Waals surface area (Å²) in [6.45, 7) is -1.21. The lowest BCUT2D eigenvalue weighted by Crippen LogP contribution is -2.39. The van der Waals surface area contributed by atoms with Gasteiger partial charge in [-0.3, -0.25) is 23.5 Å². The van der Waals surface area contributed by atoms with Gasteiger partial charge in [0.15, 0.2) is 6.23 Å². The summed E-state index contributed by atoms with van der Waals surface area (Å²) in [7, 11) is -15.7. The number of phosphoric ester groups is 1. The number of nitrogens with zero attached hydrogens (tertiary/aromatic N) is 1. The number of aliphatic hydroxyl groups is 2. The molecule has 31 heavy (non-hydrogen) atoms. The molecular formula is C10H11N2O16P3-2. The SMILES string of the molecule is O=C(O)c1cn(C2OC(COP(=O)([O-])OP(=O)([O-])O[P+](=O)[O-])C(O)C2O)c(=O)[nH]c1=O. The molecule has 0 aromatic carbocycles. The highest BCUT2D eigenvalue weighted by Gasteiger charge is 2.45. The van der Waals surface area contributed by atoms with Crippen molar-refractivity contribution in [2.75, 3.05) is 6.61 Å². The van der Waals surface area contributed by atoms with Crippen LogP contribution in [0.15, 0.2) is 15.8 Å². The zero-order valence-electron chi connectivity index (χ0n) is 14.5.